The van der Waals surface area contributed by atoms with Crippen molar-refractivity contribution in [1.82, 2.24) is 0 Å². The number of halogens is 2. The van der Waals surface area contributed by atoms with E-state index in [0.29, 0.717) is 5.56 Å². The smallest absolute Gasteiger partial charge is 0.131 e. The van der Waals surface area contributed by atoms with Crippen LogP contribution in [0.4, 0.5) is 4.39 Å². The van der Waals surface area contributed by atoms with E-state index in [1.165, 1.54) is 10.9 Å². The Morgan fingerprint density at radius 1 is 1.29 bits per heavy atom. The molecule has 0 amide bonds. The minimum absolute atomic E-state index is 0.166. The molecule has 72 valence electrons. The van der Waals surface area contributed by atoms with Gasteiger partial charge in [-0.2, -0.15) is 0 Å². The molecule has 0 spiro atoms. The Bertz CT molecular complexity index is 443. The Balaban J connectivity index is 2.55. The molecule has 0 radical (unpaired) electrons. The summed E-state index contributed by atoms with van der Waals surface area (Å²) in [5.74, 6) is -0.166. The summed E-state index contributed by atoms with van der Waals surface area (Å²) in [7, 11) is 0. The van der Waals surface area contributed by atoms with Crippen LogP contribution >= 0.6 is 27.3 Å². The maximum atomic E-state index is 13.4. The summed E-state index contributed by atoms with van der Waals surface area (Å²) in [5, 5.41) is 0. The summed E-state index contributed by atoms with van der Waals surface area (Å²) in [4.78, 5) is 2.13. The SMILES string of the molecule is Cc1sc(-c2ccccc2F)cc1Br. The summed E-state index contributed by atoms with van der Waals surface area (Å²) in [6, 6.07) is 8.79. The lowest BCUT2D eigenvalue weighted by Crippen LogP contribution is -1.78. The molecule has 0 saturated heterocycles. The van der Waals surface area contributed by atoms with E-state index in [-0.39, 0.29) is 5.82 Å². The number of hydrogen-bond acceptors (Lipinski definition) is 1. The zero-order valence-electron chi connectivity index (χ0n) is 7.55. The van der Waals surface area contributed by atoms with Crippen LogP contribution in [0.1, 0.15) is 4.88 Å². The molecule has 0 aliphatic rings. The van der Waals surface area contributed by atoms with Crippen LogP contribution in [0.3, 0.4) is 0 Å². The third-order valence-corrected chi connectivity index (χ3v) is 4.17. The Hall–Kier alpha value is -0.670. The van der Waals surface area contributed by atoms with Crippen LogP contribution in [0, 0.1) is 12.7 Å². The fraction of sp³-hybridized carbons (Fsp3) is 0.0909. The lowest BCUT2D eigenvalue weighted by Gasteiger charge is -1.97. The number of thiophene rings is 1. The van der Waals surface area contributed by atoms with Gasteiger partial charge < -0.3 is 0 Å². The quantitative estimate of drug-likeness (QED) is 0.709. The summed E-state index contributed by atoms with van der Waals surface area (Å²) in [5.41, 5.74) is 0.673. The van der Waals surface area contributed by atoms with Gasteiger partial charge in [-0.1, -0.05) is 18.2 Å². The van der Waals surface area contributed by atoms with Crippen molar-refractivity contribution < 1.29 is 4.39 Å². The highest BCUT2D eigenvalue weighted by Crippen LogP contribution is 2.34. The van der Waals surface area contributed by atoms with E-state index in [9.17, 15) is 4.39 Å². The average Bonchev–Trinajstić information content (AvgIpc) is 2.48. The molecule has 0 atom stereocenters. The molecule has 0 unspecified atom stereocenters. The molecule has 0 aliphatic carbocycles. The highest BCUT2D eigenvalue weighted by Gasteiger charge is 2.08. The van der Waals surface area contributed by atoms with E-state index in [1.807, 2.05) is 19.1 Å². The van der Waals surface area contributed by atoms with E-state index in [4.69, 9.17) is 0 Å². The maximum absolute atomic E-state index is 13.4. The third-order valence-electron chi connectivity index (χ3n) is 2.00. The standard InChI is InChI=1S/C11H8BrFS/c1-7-9(12)6-11(14-7)8-4-2-3-5-10(8)13/h2-6H,1H3. The van der Waals surface area contributed by atoms with Gasteiger partial charge in [-0.25, -0.2) is 4.39 Å². The molecule has 14 heavy (non-hydrogen) atoms. The lowest BCUT2D eigenvalue weighted by atomic mass is 10.2. The van der Waals surface area contributed by atoms with Gasteiger partial charge in [-0.3, -0.25) is 0 Å². The van der Waals surface area contributed by atoms with E-state index in [2.05, 4.69) is 15.9 Å². The lowest BCUT2D eigenvalue weighted by molar-refractivity contribution is 0.631. The molecule has 0 fully saturated rings. The monoisotopic (exact) mass is 270 g/mol. The van der Waals surface area contributed by atoms with Gasteiger partial charge >= 0.3 is 0 Å². The normalized spacial score (nSPS) is 10.5. The van der Waals surface area contributed by atoms with Gasteiger partial charge in [0.15, 0.2) is 0 Å². The van der Waals surface area contributed by atoms with E-state index >= 15 is 0 Å². The first-order valence-electron chi connectivity index (χ1n) is 4.19. The molecular formula is C11H8BrFS. The van der Waals surface area contributed by atoms with Crippen molar-refractivity contribution in [2.24, 2.45) is 0 Å². The average molecular weight is 271 g/mol. The van der Waals surface area contributed by atoms with E-state index in [0.717, 1.165) is 9.35 Å². The molecule has 0 saturated carbocycles. The third kappa shape index (κ3) is 1.74. The van der Waals surface area contributed by atoms with Gasteiger partial charge in [-0.15, -0.1) is 11.3 Å². The van der Waals surface area contributed by atoms with Gasteiger partial charge in [0, 0.05) is 19.8 Å². The van der Waals surface area contributed by atoms with Crippen LogP contribution in [0.15, 0.2) is 34.8 Å². The second-order valence-corrected chi connectivity index (χ2v) is 5.11. The maximum Gasteiger partial charge on any atom is 0.131 e. The molecule has 0 aliphatic heterocycles. The Morgan fingerprint density at radius 2 is 2.00 bits per heavy atom. The van der Waals surface area contributed by atoms with Crippen LogP contribution < -0.4 is 0 Å². The van der Waals surface area contributed by atoms with Crippen molar-refractivity contribution in [2.45, 2.75) is 6.92 Å². The zero-order valence-corrected chi connectivity index (χ0v) is 9.95. The van der Waals surface area contributed by atoms with Gasteiger partial charge in [0.25, 0.3) is 0 Å². The molecule has 0 bridgehead atoms. The molecule has 2 aromatic rings. The van der Waals surface area contributed by atoms with Crippen LogP contribution in [-0.4, -0.2) is 0 Å². The van der Waals surface area contributed by atoms with Crippen LogP contribution in [-0.2, 0) is 0 Å². The summed E-state index contributed by atoms with van der Waals surface area (Å²) in [6.07, 6.45) is 0. The molecule has 0 N–H and O–H groups in total. The molecular weight excluding hydrogens is 263 g/mol. The number of rotatable bonds is 1. The van der Waals surface area contributed by atoms with Crippen molar-refractivity contribution in [3.8, 4) is 10.4 Å². The first-order chi connectivity index (χ1) is 6.68. The van der Waals surface area contributed by atoms with Gasteiger partial charge in [0.2, 0.25) is 0 Å². The largest absolute Gasteiger partial charge is 0.206 e. The first-order valence-corrected chi connectivity index (χ1v) is 5.80. The van der Waals surface area contributed by atoms with Crippen LogP contribution in [0.2, 0.25) is 0 Å². The topological polar surface area (TPSA) is 0 Å². The minimum Gasteiger partial charge on any atom is -0.206 e. The second kappa shape index (κ2) is 3.83. The highest BCUT2D eigenvalue weighted by atomic mass is 79.9. The minimum atomic E-state index is -0.166. The Labute approximate surface area is 94.5 Å². The van der Waals surface area contributed by atoms with Crippen molar-refractivity contribution in [3.05, 3.63) is 45.5 Å². The zero-order chi connectivity index (χ0) is 10.1. The van der Waals surface area contributed by atoms with E-state index in [1.54, 1.807) is 23.5 Å². The van der Waals surface area contributed by atoms with E-state index < -0.39 is 0 Å². The van der Waals surface area contributed by atoms with Crippen molar-refractivity contribution in [3.63, 3.8) is 0 Å². The molecule has 1 aromatic heterocycles. The predicted octanol–water partition coefficient (Wildman–Crippen LogP) is 4.63. The van der Waals surface area contributed by atoms with Crippen molar-refractivity contribution in [2.75, 3.05) is 0 Å². The molecule has 1 heterocycles. The van der Waals surface area contributed by atoms with Crippen LogP contribution in [0.25, 0.3) is 10.4 Å². The fourth-order valence-electron chi connectivity index (χ4n) is 1.25. The first kappa shape index (κ1) is 9.87. The summed E-state index contributed by atoms with van der Waals surface area (Å²) < 4.78 is 14.5. The molecule has 3 heteroatoms. The molecule has 0 nitrogen and oxygen atoms in total. The Morgan fingerprint density at radius 3 is 2.57 bits per heavy atom. The Kier molecular flexibility index (Phi) is 2.70. The van der Waals surface area contributed by atoms with Crippen molar-refractivity contribution in [1.29, 1.82) is 0 Å². The van der Waals surface area contributed by atoms with Crippen molar-refractivity contribution >= 4 is 27.3 Å². The fourth-order valence-corrected chi connectivity index (χ4v) is 2.82. The number of hydrogen-bond donors (Lipinski definition) is 0. The predicted molar refractivity (Wildman–Crippen MR) is 62.2 cm³/mol. The van der Waals surface area contributed by atoms with Gasteiger partial charge in [0.1, 0.15) is 5.82 Å². The van der Waals surface area contributed by atoms with Crippen LogP contribution in [0.5, 0.6) is 0 Å². The molecule has 1 aromatic carbocycles. The summed E-state index contributed by atoms with van der Waals surface area (Å²) >= 11 is 5.02. The number of aryl methyl sites for hydroxylation is 1. The number of benzene rings is 1. The van der Waals surface area contributed by atoms with Gasteiger partial charge in [-0.05, 0) is 35.0 Å². The second-order valence-electron chi connectivity index (χ2n) is 2.99. The molecule has 2 rings (SSSR count). The summed E-state index contributed by atoms with van der Waals surface area (Å²) in [6.45, 7) is 2.01. The van der Waals surface area contributed by atoms with Gasteiger partial charge in [0.05, 0.1) is 0 Å². The highest BCUT2D eigenvalue weighted by molar-refractivity contribution is 9.10.